The lowest BCUT2D eigenvalue weighted by Gasteiger charge is -2.26. The zero-order chi connectivity index (χ0) is 35.8. The van der Waals surface area contributed by atoms with E-state index in [0.717, 1.165) is 72.8 Å². The minimum absolute atomic E-state index is 0.396. The summed E-state index contributed by atoms with van der Waals surface area (Å²) >= 11 is 0. The summed E-state index contributed by atoms with van der Waals surface area (Å²) in [5.74, 6) is 0.762. The molecule has 0 amide bonds. The fourth-order valence-electron chi connectivity index (χ4n) is 7.57. The van der Waals surface area contributed by atoms with E-state index in [1.165, 1.54) is 22.3 Å². The molecule has 256 valence electrons. The highest BCUT2D eigenvalue weighted by Crippen LogP contribution is 2.47. The number of aliphatic imine (C=N–C) groups is 1. The van der Waals surface area contributed by atoms with Gasteiger partial charge in [-0.2, -0.15) is 0 Å². The van der Waals surface area contributed by atoms with Crippen molar-refractivity contribution in [2.75, 3.05) is 11.5 Å². The van der Waals surface area contributed by atoms with E-state index in [9.17, 15) is 0 Å². The molecule has 0 atom stereocenters. The summed E-state index contributed by atoms with van der Waals surface area (Å²) in [6.07, 6.45) is 0. The zero-order valence-electron chi connectivity index (χ0n) is 29.4. The highest BCUT2D eigenvalue weighted by atomic mass is 16.5. The maximum absolute atomic E-state index is 6.49. The van der Waals surface area contributed by atoms with E-state index in [4.69, 9.17) is 14.1 Å². The van der Waals surface area contributed by atoms with Crippen LogP contribution in [0, 0.1) is 0 Å². The average molecular weight is 695 g/mol. The van der Waals surface area contributed by atoms with Gasteiger partial charge in [0.05, 0.1) is 11.1 Å². The molecule has 10 rings (SSSR count). The third-order valence-electron chi connectivity index (χ3n) is 10.2. The number of fused-ring (bicyclic) bond motifs is 5. The smallest absolute Gasteiger partial charge is 0.157 e. The van der Waals surface area contributed by atoms with Crippen molar-refractivity contribution in [2.45, 2.75) is 0 Å². The fourth-order valence-corrected chi connectivity index (χ4v) is 7.57. The van der Waals surface area contributed by atoms with Gasteiger partial charge in [0, 0.05) is 22.4 Å². The summed E-state index contributed by atoms with van der Waals surface area (Å²) in [7, 11) is 0. The standard InChI is InChI=1S/C50H34N2O2/c1-4-12-34(13-5-1)36-22-26-40(27-23-36)52(42-19-10-18-39(32-42)35-14-6-2-7-15-35)41-28-24-37(25-29-41)43-20-11-21-46-48(43)49-47(54-46)31-30-44-50(49)53-33-45(51-44)38-16-8-3-9-17-38/h1-32H,33H2. The first-order chi connectivity index (χ1) is 26.8. The number of rotatable bonds is 7. The Bertz CT molecular complexity index is 2790. The molecule has 54 heavy (non-hydrogen) atoms. The summed E-state index contributed by atoms with van der Waals surface area (Å²) in [5.41, 5.74) is 14.5. The van der Waals surface area contributed by atoms with Gasteiger partial charge < -0.3 is 14.1 Å². The molecule has 0 N–H and O–H groups in total. The first kappa shape index (κ1) is 31.6. The first-order valence-electron chi connectivity index (χ1n) is 18.2. The summed E-state index contributed by atoms with van der Waals surface area (Å²) < 4.78 is 12.9. The summed E-state index contributed by atoms with van der Waals surface area (Å²) in [4.78, 5) is 7.36. The maximum Gasteiger partial charge on any atom is 0.157 e. The molecule has 1 aliphatic heterocycles. The van der Waals surface area contributed by atoms with Crippen molar-refractivity contribution in [1.29, 1.82) is 0 Å². The quantitative estimate of drug-likeness (QED) is 0.167. The second-order valence-corrected chi connectivity index (χ2v) is 13.5. The molecule has 0 fully saturated rings. The van der Waals surface area contributed by atoms with E-state index in [2.05, 4.69) is 163 Å². The Balaban J connectivity index is 1.07. The van der Waals surface area contributed by atoms with Gasteiger partial charge in [-0.25, -0.2) is 4.99 Å². The van der Waals surface area contributed by atoms with Crippen molar-refractivity contribution in [3.8, 4) is 39.1 Å². The van der Waals surface area contributed by atoms with Crippen molar-refractivity contribution < 1.29 is 9.15 Å². The highest BCUT2D eigenvalue weighted by Gasteiger charge is 2.23. The molecule has 0 spiro atoms. The Morgan fingerprint density at radius 1 is 0.407 bits per heavy atom. The molecule has 9 aromatic rings. The number of furan rings is 1. The number of ether oxygens (including phenoxy) is 1. The Kier molecular flexibility index (Phi) is 7.85. The van der Waals surface area contributed by atoms with Crippen LogP contribution < -0.4 is 9.64 Å². The van der Waals surface area contributed by atoms with Gasteiger partial charge in [-0.1, -0.05) is 140 Å². The molecule has 0 saturated heterocycles. The molecule has 0 bridgehead atoms. The highest BCUT2D eigenvalue weighted by molar-refractivity contribution is 6.17. The van der Waals surface area contributed by atoms with Crippen molar-refractivity contribution in [3.63, 3.8) is 0 Å². The van der Waals surface area contributed by atoms with Crippen LogP contribution in [0.4, 0.5) is 22.7 Å². The lowest BCUT2D eigenvalue weighted by atomic mass is 9.98. The topological polar surface area (TPSA) is 38.0 Å². The third kappa shape index (κ3) is 5.71. The van der Waals surface area contributed by atoms with E-state index in [-0.39, 0.29) is 0 Å². The zero-order valence-corrected chi connectivity index (χ0v) is 29.4. The Hall–Kier alpha value is -7.17. The molecule has 0 aliphatic carbocycles. The van der Waals surface area contributed by atoms with Crippen LogP contribution in [0.2, 0.25) is 0 Å². The minimum Gasteiger partial charge on any atom is -0.484 e. The van der Waals surface area contributed by atoms with Crippen LogP contribution in [-0.4, -0.2) is 12.3 Å². The lowest BCUT2D eigenvalue weighted by molar-refractivity contribution is 0.377. The van der Waals surface area contributed by atoms with Crippen LogP contribution in [0.1, 0.15) is 5.56 Å². The number of hydrogen-bond donors (Lipinski definition) is 0. The molecular formula is C50H34N2O2. The second-order valence-electron chi connectivity index (χ2n) is 13.5. The van der Waals surface area contributed by atoms with Crippen LogP contribution >= 0.6 is 0 Å². The van der Waals surface area contributed by atoms with Crippen molar-refractivity contribution >= 4 is 50.4 Å². The van der Waals surface area contributed by atoms with Gasteiger partial charge in [0.25, 0.3) is 0 Å². The Morgan fingerprint density at radius 3 is 1.65 bits per heavy atom. The van der Waals surface area contributed by atoms with Gasteiger partial charge in [0.15, 0.2) is 5.75 Å². The third-order valence-corrected chi connectivity index (χ3v) is 10.2. The van der Waals surface area contributed by atoms with Crippen LogP contribution in [0.15, 0.2) is 204 Å². The van der Waals surface area contributed by atoms with Crippen molar-refractivity contribution in [1.82, 2.24) is 0 Å². The van der Waals surface area contributed by atoms with E-state index in [1.807, 2.05) is 36.4 Å². The second kappa shape index (κ2) is 13.4. The van der Waals surface area contributed by atoms with Gasteiger partial charge in [-0.15, -0.1) is 0 Å². The fraction of sp³-hybridized carbons (Fsp3) is 0.0200. The SMILES string of the molecule is c1ccc(C2=Nc3ccc4oc5cccc(-c6ccc(N(c7ccc(-c8ccccc8)cc7)c7cccc(-c8ccccc8)c7)cc6)c5c4c3OC2)cc1. The molecule has 4 heteroatoms. The molecule has 0 radical (unpaired) electrons. The van der Waals surface area contributed by atoms with Crippen LogP contribution in [0.3, 0.4) is 0 Å². The van der Waals surface area contributed by atoms with Gasteiger partial charge in [0.2, 0.25) is 0 Å². The maximum atomic E-state index is 6.49. The Morgan fingerprint density at radius 2 is 0.963 bits per heavy atom. The van der Waals surface area contributed by atoms with E-state index in [0.29, 0.717) is 6.61 Å². The molecule has 2 heterocycles. The molecule has 0 saturated carbocycles. The largest absolute Gasteiger partial charge is 0.484 e. The summed E-state index contributed by atoms with van der Waals surface area (Å²) in [6.45, 7) is 0.396. The molecule has 1 aliphatic rings. The van der Waals surface area contributed by atoms with Crippen molar-refractivity contribution in [3.05, 3.63) is 200 Å². The monoisotopic (exact) mass is 694 g/mol. The van der Waals surface area contributed by atoms with Crippen molar-refractivity contribution in [2.24, 2.45) is 4.99 Å². The van der Waals surface area contributed by atoms with Crippen LogP contribution in [0.5, 0.6) is 5.75 Å². The first-order valence-corrected chi connectivity index (χ1v) is 18.2. The number of hydrogen-bond acceptors (Lipinski definition) is 4. The van der Waals surface area contributed by atoms with Gasteiger partial charge >= 0.3 is 0 Å². The predicted octanol–water partition coefficient (Wildman–Crippen LogP) is 13.6. The van der Waals surface area contributed by atoms with Gasteiger partial charge in [-0.3, -0.25) is 0 Å². The normalized spacial score (nSPS) is 12.3. The van der Waals surface area contributed by atoms with Gasteiger partial charge in [0.1, 0.15) is 23.5 Å². The van der Waals surface area contributed by atoms with E-state index >= 15 is 0 Å². The molecular weight excluding hydrogens is 661 g/mol. The molecule has 0 unspecified atom stereocenters. The molecule has 1 aromatic heterocycles. The Labute approximate surface area is 313 Å². The summed E-state index contributed by atoms with van der Waals surface area (Å²) in [5, 5.41) is 1.98. The van der Waals surface area contributed by atoms with E-state index < -0.39 is 0 Å². The lowest BCUT2D eigenvalue weighted by Crippen LogP contribution is -2.16. The molecule has 8 aromatic carbocycles. The minimum atomic E-state index is 0.396. The number of anilines is 3. The van der Waals surface area contributed by atoms with Crippen LogP contribution in [0.25, 0.3) is 55.3 Å². The van der Waals surface area contributed by atoms with E-state index in [1.54, 1.807) is 0 Å². The van der Waals surface area contributed by atoms with Crippen LogP contribution in [-0.2, 0) is 0 Å². The average Bonchev–Trinajstić information content (AvgIpc) is 3.65. The number of benzene rings is 8. The number of nitrogens with zero attached hydrogens (tertiary/aromatic N) is 2. The molecule has 4 nitrogen and oxygen atoms in total. The predicted molar refractivity (Wildman–Crippen MR) is 223 cm³/mol. The summed E-state index contributed by atoms with van der Waals surface area (Å²) in [6, 6.07) is 67.9. The van der Waals surface area contributed by atoms with Gasteiger partial charge in [-0.05, 0) is 93.5 Å².